The first kappa shape index (κ1) is 21.0. The van der Waals surface area contributed by atoms with Crippen LogP contribution in [0.15, 0.2) is 42.5 Å². The van der Waals surface area contributed by atoms with Crippen LogP contribution in [0.1, 0.15) is 44.1 Å². The van der Waals surface area contributed by atoms with Gasteiger partial charge in [0.25, 0.3) is 0 Å². The molecule has 2 aliphatic rings. The Hall–Kier alpha value is -1.69. The monoisotopic (exact) mass is 387 g/mol. The van der Waals surface area contributed by atoms with Crippen LogP contribution in [0, 0.1) is 5.92 Å². The number of carboxylic acids is 1. The molecule has 0 unspecified atom stereocenters. The Kier molecular flexibility index (Phi) is 8.52. The summed E-state index contributed by atoms with van der Waals surface area (Å²) in [7, 11) is 0. The number of nitrogens with zero attached hydrogens (tertiary/aromatic N) is 1. The molecule has 1 aromatic carbocycles. The molecule has 28 heavy (non-hydrogen) atoms. The Balaban J connectivity index is 1.55. The summed E-state index contributed by atoms with van der Waals surface area (Å²) < 4.78 is 11.9. The first-order valence-corrected chi connectivity index (χ1v) is 10.6. The molecule has 0 bridgehead atoms. The van der Waals surface area contributed by atoms with Crippen LogP contribution in [-0.4, -0.2) is 54.4 Å². The van der Waals surface area contributed by atoms with Crippen molar-refractivity contribution in [3.8, 4) is 0 Å². The van der Waals surface area contributed by atoms with E-state index in [2.05, 4.69) is 41.3 Å². The molecule has 1 saturated heterocycles. The maximum atomic E-state index is 10.6. The number of aliphatic carboxylic acids is 1. The Morgan fingerprint density at radius 1 is 1.18 bits per heavy atom. The van der Waals surface area contributed by atoms with Crippen LogP contribution < -0.4 is 0 Å². The lowest BCUT2D eigenvalue weighted by Gasteiger charge is -2.36. The van der Waals surface area contributed by atoms with Gasteiger partial charge < -0.3 is 14.6 Å². The number of morpholine rings is 1. The summed E-state index contributed by atoms with van der Waals surface area (Å²) in [6.45, 7) is 4.33. The van der Waals surface area contributed by atoms with E-state index in [0.29, 0.717) is 25.0 Å². The second kappa shape index (κ2) is 11.3. The predicted octanol–water partition coefficient (Wildman–Crippen LogP) is 3.88. The fourth-order valence-electron chi connectivity index (χ4n) is 4.41. The molecule has 1 saturated carbocycles. The summed E-state index contributed by atoms with van der Waals surface area (Å²) in [5.41, 5.74) is 1.22. The van der Waals surface area contributed by atoms with Gasteiger partial charge in [0.15, 0.2) is 0 Å². The summed E-state index contributed by atoms with van der Waals surface area (Å²) in [5, 5.41) is 8.75. The number of benzene rings is 1. The molecular formula is C23H33NO4. The van der Waals surface area contributed by atoms with Gasteiger partial charge in [-0.1, -0.05) is 42.5 Å². The number of hydrogen-bond donors (Lipinski definition) is 1. The standard InChI is InChI=1S/C23H33NO4/c25-23(26)11-7-2-1-6-10-20-21(24-14-16-27-17-15-24)12-13-22(20)28-18-19-8-4-3-5-9-19/h1,3-6,8-9,20-22H,2,7,10-18H2,(H,25,26)/t20-,21+,22+/m1/s1. The molecule has 1 heterocycles. The quantitative estimate of drug-likeness (QED) is 0.488. The van der Waals surface area contributed by atoms with E-state index in [4.69, 9.17) is 14.6 Å². The van der Waals surface area contributed by atoms with Crippen LogP contribution in [-0.2, 0) is 20.9 Å². The molecule has 0 aromatic heterocycles. The fourth-order valence-corrected chi connectivity index (χ4v) is 4.41. The van der Waals surface area contributed by atoms with E-state index in [1.807, 2.05) is 6.07 Å². The number of unbranched alkanes of at least 4 members (excludes halogenated alkanes) is 1. The molecule has 1 aromatic rings. The van der Waals surface area contributed by atoms with Gasteiger partial charge in [0, 0.05) is 31.5 Å². The third kappa shape index (κ3) is 6.43. The smallest absolute Gasteiger partial charge is 0.303 e. The van der Waals surface area contributed by atoms with Gasteiger partial charge in [-0.05, 0) is 37.7 Å². The first-order chi connectivity index (χ1) is 13.7. The Morgan fingerprint density at radius 2 is 1.96 bits per heavy atom. The van der Waals surface area contributed by atoms with Crippen LogP contribution >= 0.6 is 0 Å². The van der Waals surface area contributed by atoms with E-state index in [9.17, 15) is 4.79 Å². The molecule has 0 radical (unpaired) electrons. The number of ether oxygens (including phenoxy) is 2. The van der Waals surface area contributed by atoms with Gasteiger partial charge in [0.05, 0.1) is 25.9 Å². The number of allylic oxidation sites excluding steroid dienone is 2. The van der Waals surface area contributed by atoms with E-state index in [-0.39, 0.29) is 12.5 Å². The highest BCUT2D eigenvalue weighted by Gasteiger charge is 2.39. The SMILES string of the molecule is O=C(O)CCCC=CC[C@H]1[C@@H](OCc2ccccc2)CC[C@@H]1N1CCOCC1. The van der Waals surface area contributed by atoms with E-state index < -0.39 is 5.97 Å². The van der Waals surface area contributed by atoms with Gasteiger partial charge in [0.2, 0.25) is 0 Å². The molecule has 0 amide bonds. The summed E-state index contributed by atoms with van der Waals surface area (Å²) in [6, 6.07) is 10.9. The largest absolute Gasteiger partial charge is 0.481 e. The number of hydrogen-bond acceptors (Lipinski definition) is 4. The highest BCUT2D eigenvalue weighted by molar-refractivity contribution is 5.66. The maximum Gasteiger partial charge on any atom is 0.303 e. The van der Waals surface area contributed by atoms with E-state index >= 15 is 0 Å². The number of carbonyl (C=O) groups is 1. The second-order valence-electron chi connectivity index (χ2n) is 7.79. The van der Waals surface area contributed by atoms with Gasteiger partial charge in [-0.3, -0.25) is 9.69 Å². The molecule has 1 aliphatic heterocycles. The van der Waals surface area contributed by atoms with Crippen LogP contribution in [0.5, 0.6) is 0 Å². The van der Waals surface area contributed by atoms with Gasteiger partial charge in [-0.25, -0.2) is 0 Å². The molecule has 154 valence electrons. The van der Waals surface area contributed by atoms with Crippen molar-refractivity contribution in [1.82, 2.24) is 4.90 Å². The highest BCUT2D eigenvalue weighted by atomic mass is 16.5. The lowest BCUT2D eigenvalue weighted by atomic mass is 9.95. The van der Waals surface area contributed by atoms with Crippen LogP contribution in [0.25, 0.3) is 0 Å². The van der Waals surface area contributed by atoms with Gasteiger partial charge >= 0.3 is 5.97 Å². The minimum absolute atomic E-state index is 0.243. The fraction of sp³-hybridized carbons (Fsp3) is 0.609. The zero-order valence-corrected chi connectivity index (χ0v) is 16.7. The topological polar surface area (TPSA) is 59.0 Å². The average molecular weight is 388 g/mol. The Morgan fingerprint density at radius 3 is 2.71 bits per heavy atom. The summed E-state index contributed by atoms with van der Waals surface area (Å²) in [6.07, 6.45) is 9.71. The minimum atomic E-state index is -0.717. The molecular weight excluding hydrogens is 354 g/mol. The van der Waals surface area contributed by atoms with E-state index in [1.54, 1.807) is 0 Å². The molecule has 0 spiro atoms. The van der Waals surface area contributed by atoms with Crippen LogP contribution in [0.2, 0.25) is 0 Å². The third-order valence-electron chi connectivity index (χ3n) is 5.88. The number of carboxylic acid groups (broad SMARTS) is 1. The van der Waals surface area contributed by atoms with Crippen molar-refractivity contribution in [1.29, 1.82) is 0 Å². The second-order valence-corrected chi connectivity index (χ2v) is 7.79. The lowest BCUT2D eigenvalue weighted by molar-refractivity contribution is -0.137. The molecule has 5 nitrogen and oxygen atoms in total. The summed E-state index contributed by atoms with van der Waals surface area (Å²) in [4.78, 5) is 13.2. The van der Waals surface area contributed by atoms with Crippen molar-refractivity contribution in [3.63, 3.8) is 0 Å². The summed E-state index contributed by atoms with van der Waals surface area (Å²) in [5.74, 6) is -0.233. The van der Waals surface area contributed by atoms with Gasteiger partial charge in [0.1, 0.15) is 0 Å². The normalized spacial score (nSPS) is 26.1. The van der Waals surface area contributed by atoms with Crippen molar-refractivity contribution >= 4 is 5.97 Å². The van der Waals surface area contributed by atoms with Gasteiger partial charge in [-0.2, -0.15) is 0 Å². The van der Waals surface area contributed by atoms with Crippen molar-refractivity contribution in [2.45, 2.75) is 57.3 Å². The molecule has 5 heteroatoms. The van der Waals surface area contributed by atoms with Crippen LogP contribution in [0.3, 0.4) is 0 Å². The minimum Gasteiger partial charge on any atom is -0.481 e. The zero-order chi connectivity index (χ0) is 19.6. The van der Waals surface area contributed by atoms with Crippen molar-refractivity contribution in [3.05, 3.63) is 48.0 Å². The Labute approximate surface area is 168 Å². The van der Waals surface area contributed by atoms with Crippen molar-refractivity contribution in [2.24, 2.45) is 5.92 Å². The van der Waals surface area contributed by atoms with Gasteiger partial charge in [-0.15, -0.1) is 0 Å². The summed E-state index contributed by atoms with van der Waals surface area (Å²) >= 11 is 0. The van der Waals surface area contributed by atoms with Crippen molar-refractivity contribution in [2.75, 3.05) is 26.3 Å². The molecule has 1 N–H and O–H groups in total. The molecule has 1 aliphatic carbocycles. The first-order valence-electron chi connectivity index (χ1n) is 10.6. The third-order valence-corrected chi connectivity index (χ3v) is 5.88. The Bertz CT molecular complexity index is 612. The average Bonchev–Trinajstić information content (AvgIpc) is 3.13. The maximum absolute atomic E-state index is 10.6. The van der Waals surface area contributed by atoms with E-state index in [1.165, 1.54) is 12.0 Å². The van der Waals surface area contributed by atoms with E-state index in [0.717, 1.165) is 45.6 Å². The molecule has 3 rings (SSSR count). The van der Waals surface area contributed by atoms with Crippen LogP contribution in [0.4, 0.5) is 0 Å². The lowest BCUT2D eigenvalue weighted by Crippen LogP contribution is -2.46. The molecule has 2 fully saturated rings. The number of rotatable bonds is 10. The predicted molar refractivity (Wildman–Crippen MR) is 109 cm³/mol. The molecule has 3 atom stereocenters. The zero-order valence-electron chi connectivity index (χ0n) is 16.7. The highest BCUT2D eigenvalue weighted by Crippen LogP contribution is 2.36. The van der Waals surface area contributed by atoms with Crippen molar-refractivity contribution < 1.29 is 19.4 Å².